The average Bonchev–Trinajstić information content (AvgIpc) is 2.72. The first-order chi connectivity index (χ1) is 7.93. The van der Waals surface area contributed by atoms with Gasteiger partial charge in [-0.3, -0.25) is 0 Å². The van der Waals surface area contributed by atoms with Gasteiger partial charge in [0, 0.05) is 22.3 Å². The van der Waals surface area contributed by atoms with Crippen molar-refractivity contribution >= 4 is 11.3 Å². The summed E-state index contributed by atoms with van der Waals surface area (Å²) in [5, 5.41) is 3.43. The lowest BCUT2D eigenvalue weighted by molar-refractivity contribution is -0.0304. The van der Waals surface area contributed by atoms with Crippen molar-refractivity contribution in [2.24, 2.45) is 0 Å². The minimum absolute atomic E-state index is 0.0136. The van der Waals surface area contributed by atoms with E-state index in [9.17, 15) is 0 Å². The van der Waals surface area contributed by atoms with Crippen LogP contribution in [0.15, 0.2) is 12.1 Å². The molecule has 0 fully saturated rings. The van der Waals surface area contributed by atoms with Crippen LogP contribution in [0.3, 0.4) is 0 Å². The van der Waals surface area contributed by atoms with Crippen LogP contribution in [-0.4, -0.2) is 11.6 Å². The van der Waals surface area contributed by atoms with Gasteiger partial charge in [-0.15, -0.1) is 11.3 Å². The molecule has 0 aliphatic heterocycles. The predicted octanol–water partition coefficient (Wildman–Crippen LogP) is 3.95. The standard InChI is InChI=1S/C14H25NOS/c1-6-14(4,5)16-10-13-8-7-12(17-13)9-15-11(2)3/h7-8,11,15H,6,9-10H2,1-5H3. The summed E-state index contributed by atoms with van der Waals surface area (Å²) >= 11 is 1.84. The highest BCUT2D eigenvalue weighted by Gasteiger charge is 2.15. The first-order valence-electron chi connectivity index (χ1n) is 6.38. The van der Waals surface area contributed by atoms with E-state index in [4.69, 9.17) is 4.74 Å². The Morgan fingerprint density at radius 2 is 1.94 bits per heavy atom. The zero-order valence-electron chi connectivity index (χ0n) is 11.7. The molecule has 0 aliphatic rings. The molecule has 0 saturated carbocycles. The third-order valence-corrected chi connectivity index (χ3v) is 3.92. The van der Waals surface area contributed by atoms with E-state index in [0.29, 0.717) is 6.04 Å². The van der Waals surface area contributed by atoms with Gasteiger partial charge in [0.2, 0.25) is 0 Å². The van der Waals surface area contributed by atoms with Crippen LogP contribution in [0.4, 0.5) is 0 Å². The van der Waals surface area contributed by atoms with E-state index in [-0.39, 0.29) is 5.60 Å². The predicted molar refractivity (Wildman–Crippen MR) is 75.5 cm³/mol. The van der Waals surface area contributed by atoms with E-state index in [1.54, 1.807) is 0 Å². The topological polar surface area (TPSA) is 21.3 Å². The van der Waals surface area contributed by atoms with Gasteiger partial charge < -0.3 is 10.1 Å². The molecule has 0 amide bonds. The summed E-state index contributed by atoms with van der Waals surface area (Å²) in [6, 6.07) is 4.90. The zero-order chi connectivity index (χ0) is 12.9. The van der Waals surface area contributed by atoms with E-state index >= 15 is 0 Å². The fourth-order valence-corrected chi connectivity index (χ4v) is 2.15. The first-order valence-corrected chi connectivity index (χ1v) is 7.19. The van der Waals surface area contributed by atoms with E-state index in [2.05, 4.69) is 52.1 Å². The van der Waals surface area contributed by atoms with Gasteiger partial charge in [0.25, 0.3) is 0 Å². The second-order valence-electron chi connectivity index (χ2n) is 5.31. The molecule has 17 heavy (non-hydrogen) atoms. The van der Waals surface area contributed by atoms with Gasteiger partial charge in [-0.1, -0.05) is 20.8 Å². The van der Waals surface area contributed by atoms with Crippen molar-refractivity contribution in [1.29, 1.82) is 0 Å². The van der Waals surface area contributed by atoms with Crippen molar-refractivity contribution in [3.05, 3.63) is 21.9 Å². The van der Waals surface area contributed by atoms with Crippen LogP contribution in [0.2, 0.25) is 0 Å². The van der Waals surface area contributed by atoms with Crippen molar-refractivity contribution in [3.63, 3.8) is 0 Å². The van der Waals surface area contributed by atoms with Gasteiger partial charge in [0.15, 0.2) is 0 Å². The zero-order valence-corrected chi connectivity index (χ0v) is 12.5. The summed E-state index contributed by atoms with van der Waals surface area (Å²) < 4.78 is 5.89. The number of hydrogen-bond donors (Lipinski definition) is 1. The molecule has 2 nitrogen and oxygen atoms in total. The highest BCUT2D eigenvalue weighted by molar-refractivity contribution is 7.11. The molecule has 0 bridgehead atoms. The number of nitrogens with one attached hydrogen (secondary N) is 1. The average molecular weight is 255 g/mol. The molecule has 0 atom stereocenters. The third kappa shape index (κ3) is 5.66. The van der Waals surface area contributed by atoms with Gasteiger partial charge in [-0.25, -0.2) is 0 Å². The molecule has 1 rings (SSSR count). The minimum Gasteiger partial charge on any atom is -0.370 e. The smallest absolute Gasteiger partial charge is 0.0816 e. The third-order valence-electron chi connectivity index (χ3n) is 2.86. The Morgan fingerprint density at radius 1 is 1.29 bits per heavy atom. The van der Waals surface area contributed by atoms with E-state index in [0.717, 1.165) is 19.6 Å². The molecule has 0 spiro atoms. The Morgan fingerprint density at radius 3 is 2.53 bits per heavy atom. The van der Waals surface area contributed by atoms with Crippen LogP contribution in [0.1, 0.15) is 50.8 Å². The van der Waals surface area contributed by atoms with Crippen LogP contribution >= 0.6 is 11.3 Å². The van der Waals surface area contributed by atoms with Gasteiger partial charge in [0.1, 0.15) is 0 Å². The molecule has 0 aromatic carbocycles. The Bertz CT molecular complexity index is 331. The van der Waals surface area contributed by atoms with Crippen molar-refractivity contribution in [2.45, 2.75) is 65.8 Å². The molecule has 0 unspecified atom stereocenters. The fourth-order valence-electron chi connectivity index (χ4n) is 1.27. The maximum atomic E-state index is 5.89. The maximum Gasteiger partial charge on any atom is 0.0816 e. The molecule has 98 valence electrons. The van der Waals surface area contributed by atoms with Crippen molar-refractivity contribution < 1.29 is 4.74 Å². The first kappa shape index (κ1) is 14.7. The van der Waals surface area contributed by atoms with Crippen molar-refractivity contribution in [3.8, 4) is 0 Å². The lowest BCUT2D eigenvalue weighted by atomic mass is 10.1. The second kappa shape index (κ2) is 6.53. The Labute approximate surface area is 109 Å². The molecule has 1 aromatic rings. The molecule has 0 aliphatic carbocycles. The number of rotatable bonds is 7. The molecule has 0 saturated heterocycles. The number of ether oxygens (including phenoxy) is 1. The lowest BCUT2D eigenvalue weighted by Gasteiger charge is -2.22. The summed E-state index contributed by atoms with van der Waals surface area (Å²) in [4.78, 5) is 2.69. The van der Waals surface area contributed by atoms with Gasteiger partial charge in [-0.05, 0) is 32.4 Å². The second-order valence-corrected chi connectivity index (χ2v) is 6.56. The normalized spacial score (nSPS) is 12.4. The molecule has 1 aromatic heterocycles. The Kier molecular flexibility index (Phi) is 5.63. The van der Waals surface area contributed by atoms with Crippen LogP contribution in [0, 0.1) is 0 Å². The fraction of sp³-hybridized carbons (Fsp3) is 0.714. The quantitative estimate of drug-likeness (QED) is 0.796. The summed E-state index contributed by atoms with van der Waals surface area (Å²) in [5.41, 5.74) is -0.0136. The van der Waals surface area contributed by atoms with Crippen molar-refractivity contribution in [2.75, 3.05) is 0 Å². The largest absolute Gasteiger partial charge is 0.370 e. The minimum atomic E-state index is -0.0136. The number of thiophene rings is 1. The molecular weight excluding hydrogens is 230 g/mol. The van der Waals surface area contributed by atoms with Gasteiger partial charge in [0.05, 0.1) is 12.2 Å². The lowest BCUT2D eigenvalue weighted by Crippen LogP contribution is -2.22. The maximum absolute atomic E-state index is 5.89. The van der Waals surface area contributed by atoms with Gasteiger partial charge >= 0.3 is 0 Å². The summed E-state index contributed by atoms with van der Waals surface area (Å²) in [5.74, 6) is 0. The van der Waals surface area contributed by atoms with Gasteiger partial charge in [-0.2, -0.15) is 0 Å². The molecule has 1 N–H and O–H groups in total. The monoisotopic (exact) mass is 255 g/mol. The SMILES string of the molecule is CCC(C)(C)OCc1ccc(CNC(C)C)s1. The molecule has 3 heteroatoms. The van der Waals surface area contributed by atoms with Crippen molar-refractivity contribution in [1.82, 2.24) is 5.32 Å². The Balaban J connectivity index is 2.40. The van der Waals surface area contributed by atoms with Crippen LogP contribution in [-0.2, 0) is 17.9 Å². The highest BCUT2D eigenvalue weighted by atomic mass is 32.1. The summed E-state index contributed by atoms with van der Waals surface area (Å²) in [6.07, 6.45) is 1.04. The van der Waals surface area contributed by atoms with E-state index in [1.165, 1.54) is 9.75 Å². The van der Waals surface area contributed by atoms with E-state index < -0.39 is 0 Å². The van der Waals surface area contributed by atoms with E-state index in [1.807, 2.05) is 11.3 Å². The highest BCUT2D eigenvalue weighted by Crippen LogP contribution is 2.21. The summed E-state index contributed by atoms with van der Waals surface area (Å²) in [6.45, 7) is 12.5. The molecule has 0 radical (unpaired) electrons. The molecule has 1 heterocycles. The number of hydrogen-bond acceptors (Lipinski definition) is 3. The molecular formula is C14H25NOS. The van der Waals surface area contributed by atoms with Crippen LogP contribution in [0.5, 0.6) is 0 Å². The van der Waals surface area contributed by atoms with Crippen LogP contribution in [0.25, 0.3) is 0 Å². The Hall–Kier alpha value is -0.380. The van der Waals surface area contributed by atoms with Crippen LogP contribution < -0.4 is 5.32 Å². The summed E-state index contributed by atoms with van der Waals surface area (Å²) in [7, 11) is 0.